The molecule has 1 aliphatic carbocycles. The number of nitrogens with zero attached hydrogens (tertiary/aromatic N) is 1. The van der Waals surface area contributed by atoms with E-state index in [2.05, 4.69) is 31.6 Å². The maximum atomic E-state index is 6.03. The lowest BCUT2D eigenvalue weighted by Gasteiger charge is -1.97. The van der Waals surface area contributed by atoms with E-state index in [1.165, 1.54) is 12.8 Å². The van der Waals surface area contributed by atoms with Gasteiger partial charge < -0.3 is 5.32 Å². The van der Waals surface area contributed by atoms with Crippen molar-refractivity contribution in [3.63, 3.8) is 0 Å². The second-order valence-electron chi connectivity index (χ2n) is 4.03. The number of hydrogen-bond donors (Lipinski definition) is 1. The van der Waals surface area contributed by atoms with Crippen LogP contribution in [0.4, 0.5) is 0 Å². The zero-order valence-corrected chi connectivity index (χ0v) is 12.8. The van der Waals surface area contributed by atoms with Crippen molar-refractivity contribution >= 4 is 50.2 Å². The molecule has 0 amide bonds. The molecular formula is C11H10BrClN2S2. The van der Waals surface area contributed by atoms with Crippen LogP contribution in [0.1, 0.15) is 18.5 Å². The van der Waals surface area contributed by atoms with Crippen LogP contribution in [0.3, 0.4) is 0 Å². The number of halogens is 2. The molecule has 1 aliphatic rings. The van der Waals surface area contributed by atoms with Gasteiger partial charge in [0.1, 0.15) is 9.34 Å². The van der Waals surface area contributed by atoms with Gasteiger partial charge in [0, 0.05) is 22.4 Å². The number of rotatable bonds is 4. The Balaban J connectivity index is 1.74. The van der Waals surface area contributed by atoms with Crippen LogP contribution < -0.4 is 5.32 Å². The molecule has 0 unspecified atom stereocenters. The standard InChI is InChI=1S/C11H10BrClN2S2/c12-8-3-9(17-10(8)13)11-15-7(5-16-11)4-14-6-1-2-6/h3,5-6,14H,1-2,4H2. The van der Waals surface area contributed by atoms with Gasteiger partial charge in [-0.05, 0) is 34.8 Å². The van der Waals surface area contributed by atoms with E-state index in [9.17, 15) is 0 Å². The Kier molecular flexibility index (Phi) is 3.54. The van der Waals surface area contributed by atoms with Crippen molar-refractivity contribution in [1.82, 2.24) is 10.3 Å². The van der Waals surface area contributed by atoms with Gasteiger partial charge in [-0.15, -0.1) is 22.7 Å². The van der Waals surface area contributed by atoms with E-state index < -0.39 is 0 Å². The molecule has 0 bridgehead atoms. The van der Waals surface area contributed by atoms with Crippen molar-refractivity contribution in [2.75, 3.05) is 0 Å². The topological polar surface area (TPSA) is 24.9 Å². The molecule has 2 aromatic heterocycles. The van der Waals surface area contributed by atoms with Crippen molar-refractivity contribution in [3.05, 3.63) is 25.9 Å². The van der Waals surface area contributed by atoms with E-state index in [-0.39, 0.29) is 0 Å². The molecule has 0 saturated heterocycles. The Morgan fingerprint density at radius 3 is 3.00 bits per heavy atom. The number of thiazole rings is 1. The third kappa shape index (κ3) is 2.90. The van der Waals surface area contributed by atoms with E-state index in [1.54, 1.807) is 22.7 Å². The normalized spacial score (nSPS) is 15.4. The lowest BCUT2D eigenvalue weighted by molar-refractivity contribution is 0.678. The first kappa shape index (κ1) is 12.1. The van der Waals surface area contributed by atoms with Crippen molar-refractivity contribution in [2.45, 2.75) is 25.4 Å². The molecule has 2 aromatic rings. The van der Waals surface area contributed by atoms with Gasteiger partial charge in [0.25, 0.3) is 0 Å². The summed E-state index contributed by atoms with van der Waals surface area (Å²) in [4.78, 5) is 5.75. The highest BCUT2D eigenvalue weighted by Gasteiger charge is 2.20. The molecule has 6 heteroatoms. The van der Waals surface area contributed by atoms with Crippen LogP contribution >= 0.6 is 50.2 Å². The maximum absolute atomic E-state index is 6.03. The molecule has 17 heavy (non-hydrogen) atoms. The minimum absolute atomic E-state index is 0.727. The number of thiophene rings is 1. The first-order valence-electron chi connectivity index (χ1n) is 5.35. The molecule has 2 nitrogen and oxygen atoms in total. The molecule has 90 valence electrons. The molecule has 0 radical (unpaired) electrons. The van der Waals surface area contributed by atoms with Crippen LogP contribution in [0, 0.1) is 0 Å². The minimum Gasteiger partial charge on any atom is -0.308 e. The minimum atomic E-state index is 0.727. The van der Waals surface area contributed by atoms with E-state index >= 15 is 0 Å². The Morgan fingerprint density at radius 1 is 1.53 bits per heavy atom. The average Bonchev–Trinajstić information content (AvgIpc) is 2.92. The zero-order valence-electron chi connectivity index (χ0n) is 8.87. The zero-order chi connectivity index (χ0) is 11.8. The predicted molar refractivity (Wildman–Crippen MR) is 78.0 cm³/mol. The molecular weight excluding hydrogens is 340 g/mol. The lowest BCUT2D eigenvalue weighted by atomic mass is 10.4. The fraction of sp³-hybridized carbons (Fsp3) is 0.364. The molecule has 0 aliphatic heterocycles. The second kappa shape index (κ2) is 4.97. The SMILES string of the molecule is Clc1sc(-c2nc(CNC3CC3)cs2)cc1Br. The molecule has 2 heterocycles. The van der Waals surface area contributed by atoms with Gasteiger partial charge in [-0.2, -0.15) is 0 Å². The molecule has 0 aromatic carbocycles. The van der Waals surface area contributed by atoms with E-state index in [4.69, 9.17) is 11.6 Å². The van der Waals surface area contributed by atoms with Gasteiger partial charge in [0.2, 0.25) is 0 Å². The summed E-state index contributed by atoms with van der Waals surface area (Å²) in [5.74, 6) is 0. The highest BCUT2D eigenvalue weighted by Crippen LogP contribution is 2.39. The first-order chi connectivity index (χ1) is 8.22. The largest absolute Gasteiger partial charge is 0.308 e. The van der Waals surface area contributed by atoms with Gasteiger partial charge in [-0.1, -0.05) is 11.6 Å². The molecule has 1 saturated carbocycles. The van der Waals surface area contributed by atoms with Crippen LogP contribution in [0.15, 0.2) is 15.9 Å². The third-order valence-electron chi connectivity index (χ3n) is 2.56. The summed E-state index contributed by atoms with van der Waals surface area (Å²) in [5, 5.41) is 6.63. The van der Waals surface area contributed by atoms with Crippen molar-refractivity contribution in [3.8, 4) is 9.88 Å². The Bertz CT molecular complexity index is 514. The summed E-state index contributed by atoms with van der Waals surface area (Å²) < 4.78 is 1.74. The smallest absolute Gasteiger partial charge is 0.133 e. The Morgan fingerprint density at radius 2 is 2.35 bits per heavy atom. The monoisotopic (exact) mass is 348 g/mol. The van der Waals surface area contributed by atoms with Gasteiger partial charge >= 0.3 is 0 Å². The van der Waals surface area contributed by atoms with Gasteiger partial charge in [0.05, 0.1) is 10.6 Å². The van der Waals surface area contributed by atoms with E-state index in [0.29, 0.717) is 0 Å². The highest BCUT2D eigenvalue weighted by molar-refractivity contribution is 9.10. The highest BCUT2D eigenvalue weighted by atomic mass is 79.9. The van der Waals surface area contributed by atoms with Crippen LogP contribution in [-0.4, -0.2) is 11.0 Å². The summed E-state index contributed by atoms with van der Waals surface area (Å²) in [5.41, 5.74) is 1.12. The first-order valence-corrected chi connectivity index (χ1v) is 8.22. The fourth-order valence-electron chi connectivity index (χ4n) is 1.49. The lowest BCUT2D eigenvalue weighted by Crippen LogP contribution is -2.15. The summed E-state index contributed by atoms with van der Waals surface area (Å²) in [6.07, 6.45) is 2.62. The van der Waals surface area contributed by atoms with Crippen LogP contribution in [0.5, 0.6) is 0 Å². The Labute approximate surface area is 121 Å². The van der Waals surface area contributed by atoms with Crippen LogP contribution in [0.25, 0.3) is 9.88 Å². The summed E-state index contributed by atoms with van der Waals surface area (Å²) in [7, 11) is 0. The molecule has 0 atom stereocenters. The van der Waals surface area contributed by atoms with E-state index in [0.717, 1.165) is 37.0 Å². The van der Waals surface area contributed by atoms with Crippen LogP contribution in [0.2, 0.25) is 4.34 Å². The number of aromatic nitrogens is 1. The van der Waals surface area contributed by atoms with Crippen molar-refractivity contribution in [2.24, 2.45) is 0 Å². The number of hydrogen-bond acceptors (Lipinski definition) is 4. The molecule has 1 fully saturated rings. The maximum Gasteiger partial charge on any atom is 0.133 e. The van der Waals surface area contributed by atoms with Gasteiger partial charge in [0.15, 0.2) is 0 Å². The number of nitrogens with one attached hydrogen (secondary N) is 1. The molecule has 3 rings (SSSR count). The summed E-state index contributed by atoms with van der Waals surface area (Å²) >= 11 is 12.7. The van der Waals surface area contributed by atoms with Crippen molar-refractivity contribution < 1.29 is 0 Å². The summed E-state index contributed by atoms with van der Waals surface area (Å²) in [6, 6.07) is 2.76. The van der Waals surface area contributed by atoms with Gasteiger partial charge in [-0.25, -0.2) is 4.98 Å². The second-order valence-corrected chi connectivity index (χ2v) is 7.40. The van der Waals surface area contributed by atoms with Gasteiger partial charge in [-0.3, -0.25) is 0 Å². The summed E-state index contributed by atoms with van der Waals surface area (Å²) in [6.45, 7) is 0.876. The average molecular weight is 350 g/mol. The predicted octanol–water partition coefficient (Wildman–Crippen LogP) is 4.54. The quantitative estimate of drug-likeness (QED) is 0.876. The fourth-order valence-corrected chi connectivity index (χ4v) is 4.07. The van der Waals surface area contributed by atoms with E-state index in [1.807, 2.05) is 6.07 Å². The van der Waals surface area contributed by atoms with Crippen molar-refractivity contribution in [1.29, 1.82) is 0 Å². The molecule has 1 N–H and O–H groups in total. The molecule has 0 spiro atoms. The van der Waals surface area contributed by atoms with Crippen LogP contribution in [-0.2, 0) is 6.54 Å². The third-order valence-corrected chi connectivity index (χ3v) is 6.09. The Hall–Kier alpha value is 0.0600.